The van der Waals surface area contributed by atoms with Crippen LogP contribution in [0, 0.1) is 11.8 Å². The van der Waals surface area contributed by atoms with E-state index in [2.05, 4.69) is 18.4 Å². The highest BCUT2D eigenvalue weighted by Gasteiger charge is 2.19. The van der Waals surface area contributed by atoms with Crippen molar-refractivity contribution >= 4 is 35.2 Å². The molecule has 0 bridgehead atoms. The van der Waals surface area contributed by atoms with Gasteiger partial charge in [0.2, 0.25) is 0 Å². The molecule has 1 N–H and O–H groups in total. The van der Waals surface area contributed by atoms with E-state index >= 15 is 0 Å². The molecule has 0 heterocycles. The summed E-state index contributed by atoms with van der Waals surface area (Å²) in [6.45, 7) is 5.11. The van der Waals surface area contributed by atoms with Gasteiger partial charge >= 0.3 is 0 Å². The molecule has 3 nitrogen and oxygen atoms in total. The highest BCUT2D eigenvalue weighted by molar-refractivity contribution is 6.34. The van der Waals surface area contributed by atoms with Crippen molar-refractivity contribution < 1.29 is 14.6 Å². The Morgan fingerprint density at radius 3 is 2.26 bits per heavy atom. The van der Waals surface area contributed by atoms with Crippen molar-refractivity contribution in [1.82, 2.24) is 0 Å². The van der Waals surface area contributed by atoms with Gasteiger partial charge in [-0.15, -0.1) is 0 Å². The van der Waals surface area contributed by atoms with Crippen LogP contribution < -0.4 is 0 Å². The Morgan fingerprint density at radius 1 is 1.07 bits per heavy atom. The summed E-state index contributed by atoms with van der Waals surface area (Å²) < 4.78 is 5.55. The lowest BCUT2D eigenvalue weighted by molar-refractivity contribution is -0.134. The van der Waals surface area contributed by atoms with Gasteiger partial charge in [-0.25, -0.2) is 0 Å². The van der Waals surface area contributed by atoms with Crippen molar-refractivity contribution in [2.75, 3.05) is 7.11 Å². The third-order valence-electron chi connectivity index (χ3n) is 3.63. The van der Waals surface area contributed by atoms with Crippen LogP contribution in [0.3, 0.4) is 0 Å². The van der Waals surface area contributed by atoms with Gasteiger partial charge in [-0.3, -0.25) is 4.79 Å². The van der Waals surface area contributed by atoms with Crippen LogP contribution >= 0.6 is 23.2 Å². The van der Waals surface area contributed by atoms with Gasteiger partial charge in [0, 0.05) is 35.2 Å². The molecule has 0 radical (unpaired) electrons. The molecule has 2 aromatic carbocycles. The summed E-state index contributed by atoms with van der Waals surface area (Å²) in [5, 5.41) is 8.57. The maximum Gasteiger partial charge on any atom is 0.300 e. The summed E-state index contributed by atoms with van der Waals surface area (Å²) in [5.41, 5.74) is 4.83. The first kappa shape index (κ1) is 20.8. The van der Waals surface area contributed by atoms with E-state index in [1.54, 1.807) is 25.3 Å². The normalized spacial score (nSPS) is 14.4. The minimum atomic E-state index is -0.833. The summed E-state index contributed by atoms with van der Waals surface area (Å²) in [4.78, 5) is 9.00. The van der Waals surface area contributed by atoms with Gasteiger partial charge in [0.1, 0.15) is 6.10 Å². The number of carboxylic acid groups (broad SMARTS) is 1. The number of carbonyl (C=O) groups is 1. The fourth-order valence-electron chi connectivity index (χ4n) is 2.56. The van der Waals surface area contributed by atoms with E-state index in [-0.39, 0.29) is 6.10 Å². The number of methoxy groups -OCH3 is 1. The topological polar surface area (TPSA) is 46.5 Å². The summed E-state index contributed by atoms with van der Waals surface area (Å²) in [7, 11) is 1.69. The van der Waals surface area contributed by atoms with Crippen LogP contribution in [-0.4, -0.2) is 18.2 Å². The van der Waals surface area contributed by atoms with Crippen LogP contribution in [0.4, 0.5) is 0 Å². The second kappa shape index (κ2) is 9.43. The van der Waals surface area contributed by atoms with Crippen molar-refractivity contribution in [3.05, 3.63) is 86.9 Å². The molecule has 0 saturated heterocycles. The summed E-state index contributed by atoms with van der Waals surface area (Å²) in [6, 6.07) is 11.3. The van der Waals surface area contributed by atoms with E-state index in [9.17, 15) is 0 Å². The monoisotopic (exact) mass is 400 g/mol. The van der Waals surface area contributed by atoms with Crippen LogP contribution in [0.2, 0.25) is 10.0 Å². The van der Waals surface area contributed by atoms with Crippen molar-refractivity contribution in [3.63, 3.8) is 0 Å². The predicted molar refractivity (Wildman–Crippen MR) is 110 cm³/mol. The van der Waals surface area contributed by atoms with E-state index in [1.165, 1.54) is 0 Å². The SMILES string of the molecule is C=C1C=Cc2ccc(C#Cc3cc(Cl)cc(Cl)c3)cc2C1OC.CC(=O)O. The second-order valence-electron chi connectivity index (χ2n) is 5.79. The van der Waals surface area contributed by atoms with Crippen molar-refractivity contribution in [3.8, 4) is 11.8 Å². The van der Waals surface area contributed by atoms with E-state index < -0.39 is 5.97 Å². The Morgan fingerprint density at radius 2 is 1.67 bits per heavy atom. The first-order valence-corrected chi connectivity index (χ1v) is 8.77. The number of fused-ring (bicyclic) bond motifs is 1. The fourth-order valence-corrected chi connectivity index (χ4v) is 3.09. The lowest BCUT2D eigenvalue weighted by Gasteiger charge is -2.22. The number of aliphatic carboxylic acids is 1. The number of benzene rings is 2. The number of halogens is 2. The molecular weight excluding hydrogens is 383 g/mol. The number of hydrogen-bond acceptors (Lipinski definition) is 2. The molecule has 0 spiro atoms. The molecule has 1 aliphatic carbocycles. The standard InChI is InChI=1S/C20H14Cl2O.C2H4O2/c1-13-3-7-16-8-6-14(11-19(16)20(13)23-2)4-5-15-9-17(21)12-18(22)10-15;1-2(3)4/h3,6-12,20H,1H2,2H3;1H3,(H,3,4). The quantitative estimate of drug-likeness (QED) is 0.619. The minimum Gasteiger partial charge on any atom is -0.481 e. The summed E-state index contributed by atoms with van der Waals surface area (Å²) in [5.74, 6) is 5.41. The number of hydrogen-bond donors (Lipinski definition) is 1. The average Bonchev–Trinajstić information content (AvgIpc) is 2.58. The molecular formula is C22H18Cl2O3. The molecule has 0 saturated carbocycles. The van der Waals surface area contributed by atoms with Gasteiger partial charge < -0.3 is 9.84 Å². The second-order valence-corrected chi connectivity index (χ2v) is 6.67. The zero-order chi connectivity index (χ0) is 20.0. The van der Waals surface area contributed by atoms with Crippen LogP contribution in [-0.2, 0) is 9.53 Å². The molecule has 1 unspecified atom stereocenters. The average molecular weight is 401 g/mol. The Bertz CT molecular complexity index is 941. The molecule has 2 aromatic rings. The largest absolute Gasteiger partial charge is 0.481 e. The minimum absolute atomic E-state index is 0.127. The molecule has 0 amide bonds. The van der Waals surface area contributed by atoms with E-state index in [0.717, 1.165) is 34.8 Å². The van der Waals surface area contributed by atoms with Crippen LogP contribution in [0.25, 0.3) is 6.08 Å². The predicted octanol–water partition coefficient (Wildman–Crippen LogP) is 5.75. The maximum absolute atomic E-state index is 9.00. The first-order chi connectivity index (χ1) is 12.8. The summed E-state index contributed by atoms with van der Waals surface area (Å²) in [6.07, 6.45) is 3.90. The Hall–Kier alpha value is -2.51. The fraction of sp³-hybridized carbons (Fsp3) is 0.136. The molecule has 138 valence electrons. The van der Waals surface area contributed by atoms with Gasteiger partial charge in [0.05, 0.1) is 0 Å². The van der Waals surface area contributed by atoms with E-state index in [0.29, 0.717) is 10.0 Å². The van der Waals surface area contributed by atoms with Gasteiger partial charge in [0.25, 0.3) is 5.97 Å². The van der Waals surface area contributed by atoms with Crippen molar-refractivity contribution in [1.29, 1.82) is 0 Å². The summed E-state index contributed by atoms with van der Waals surface area (Å²) >= 11 is 12.0. The Labute approximate surface area is 168 Å². The zero-order valence-electron chi connectivity index (χ0n) is 14.9. The number of carboxylic acids is 1. The van der Waals surface area contributed by atoms with Crippen LogP contribution in [0.5, 0.6) is 0 Å². The Balaban J connectivity index is 0.000000596. The highest BCUT2D eigenvalue weighted by Crippen LogP contribution is 2.33. The maximum atomic E-state index is 9.00. The lowest BCUT2D eigenvalue weighted by Crippen LogP contribution is -2.08. The van der Waals surface area contributed by atoms with Gasteiger partial charge in [-0.2, -0.15) is 0 Å². The molecule has 0 aromatic heterocycles. The molecule has 1 aliphatic rings. The number of ether oxygens (including phenoxy) is 1. The van der Waals surface area contributed by atoms with E-state index in [4.69, 9.17) is 37.8 Å². The van der Waals surface area contributed by atoms with Gasteiger partial charge in [0.15, 0.2) is 0 Å². The first-order valence-electron chi connectivity index (χ1n) is 8.01. The molecule has 0 aliphatic heterocycles. The highest BCUT2D eigenvalue weighted by atomic mass is 35.5. The van der Waals surface area contributed by atoms with Crippen LogP contribution in [0.15, 0.2) is 54.6 Å². The van der Waals surface area contributed by atoms with Crippen LogP contribution in [0.1, 0.15) is 35.3 Å². The molecule has 5 heteroatoms. The molecule has 3 rings (SSSR count). The van der Waals surface area contributed by atoms with Gasteiger partial charge in [-0.05, 0) is 47.0 Å². The smallest absolute Gasteiger partial charge is 0.300 e. The zero-order valence-corrected chi connectivity index (χ0v) is 16.4. The third-order valence-corrected chi connectivity index (χ3v) is 4.07. The van der Waals surface area contributed by atoms with Crippen molar-refractivity contribution in [2.45, 2.75) is 13.0 Å². The third kappa shape index (κ3) is 6.01. The molecule has 27 heavy (non-hydrogen) atoms. The molecule has 1 atom stereocenters. The van der Waals surface area contributed by atoms with E-state index in [1.807, 2.05) is 30.4 Å². The Kier molecular flexibility index (Phi) is 7.27. The lowest BCUT2D eigenvalue weighted by atomic mass is 9.90. The molecule has 0 fully saturated rings. The van der Waals surface area contributed by atoms with Gasteiger partial charge in [-0.1, -0.05) is 59.8 Å². The number of rotatable bonds is 1. The van der Waals surface area contributed by atoms with Crippen molar-refractivity contribution in [2.24, 2.45) is 0 Å².